The zero-order valence-corrected chi connectivity index (χ0v) is 18.4. The van der Waals surface area contributed by atoms with Gasteiger partial charge >= 0.3 is 0 Å². The second kappa shape index (κ2) is 9.33. The summed E-state index contributed by atoms with van der Waals surface area (Å²) in [6, 6.07) is 21.4. The maximum Gasteiger partial charge on any atom is 0.247 e. The van der Waals surface area contributed by atoms with Gasteiger partial charge in [-0.2, -0.15) is 0 Å². The molecule has 0 aliphatic carbocycles. The van der Waals surface area contributed by atoms with Gasteiger partial charge in [-0.3, -0.25) is 9.55 Å². The van der Waals surface area contributed by atoms with Crippen molar-refractivity contribution in [3.05, 3.63) is 95.6 Å². The molecule has 0 N–H and O–H groups in total. The number of hydrogen-bond acceptors (Lipinski definition) is 7. The maximum atomic E-state index is 5.95. The van der Waals surface area contributed by atoms with Crippen molar-refractivity contribution in [3.63, 3.8) is 0 Å². The van der Waals surface area contributed by atoms with Gasteiger partial charge in [0.2, 0.25) is 11.8 Å². The van der Waals surface area contributed by atoms with Gasteiger partial charge in [-0.25, -0.2) is 0 Å². The van der Waals surface area contributed by atoms with E-state index >= 15 is 0 Å². The molecule has 7 nitrogen and oxygen atoms in total. The third-order valence-corrected chi connectivity index (χ3v) is 5.91. The van der Waals surface area contributed by atoms with Gasteiger partial charge < -0.3 is 4.42 Å². The molecular formula is C23H17ClN6OS. The molecule has 2 aromatic carbocycles. The number of halogens is 1. The van der Waals surface area contributed by atoms with E-state index in [-0.39, 0.29) is 0 Å². The summed E-state index contributed by atoms with van der Waals surface area (Å²) in [5.41, 5.74) is 2.89. The summed E-state index contributed by atoms with van der Waals surface area (Å²) in [6.07, 6.45) is 3.53. The molecule has 5 rings (SSSR count). The summed E-state index contributed by atoms with van der Waals surface area (Å²) in [6.45, 7) is 0.639. The molecule has 0 unspecified atom stereocenters. The monoisotopic (exact) mass is 460 g/mol. The van der Waals surface area contributed by atoms with Crippen LogP contribution in [0.5, 0.6) is 0 Å². The van der Waals surface area contributed by atoms with Crippen molar-refractivity contribution in [2.75, 3.05) is 0 Å². The van der Waals surface area contributed by atoms with E-state index in [2.05, 4.69) is 42.1 Å². The first-order chi connectivity index (χ1) is 15.8. The van der Waals surface area contributed by atoms with Crippen LogP contribution in [0.25, 0.3) is 22.8 Å². The van der Waals surface area contributed by atoms with Crippen LogP contribution in [0.2, 0.25) is 5.02 Å². The molecule has 5 aromatic rings. The zero-order chi connectivity index (χ0) is 21.8. The number of thioether (sulfide) groups is 1. The van der Waals surface area contributed by atoms with Crippen LogP contribution in [0.3, 0.4) is 0 Å². The Morgan fingerprint density at radius 2 is 1.69 bits per heavy atom. The molecule has 0 bridgehead atoms. The van der Waals surface area contributed by atoms with Crippen molar-refractivity contribution in [1.29, 1.82) is 0 Å². The average Bonchev–Trinajstić information content (AvgIpc) is 3.47. The van der Waals surface area contributed by atoms with Crippen LogP contribution in [0.15, 0.2) is 88.7 Å². The molecule has 0 aliphatic rings. The van der Waals surface area contributed by atoms with Crippen molar-refractivity contribution >= 4 is 23.4 Å². The third-order valence-electron chi connectivity index (χ3n) is 4.70. The Bertz CT molecular complexity index is 1310. The third kappa shape index (κ3) is 4.56. The lowest BCUT2D eigenvalue weighted by Gasteiger charge is -2.10. The van der Waals surface area contributed by atoms with E-state index in [0.717, 1.165) is 27.7 Å². The van der Waals surface area contributed by atoms with E-state index in [1.54, 1.807) is 24.5 Å². The van der Waals surface area contributed by atoms with E-state index in [1.165, 1.54) is 11.8 Å². The summed E-state index contributed by atoms with van der Waals surface area (Å²) >= 11 is 7.45. The summed E-state index contributed by atoms with van der Waals surface area (Å²) in [4.78, 5) is 4.22. The number of pyridine rings is 1. The number of nitrogens with zero attached hydrogens (tertiary/aromatic N) is 6. The van der Waals surface area contributed by atoms with Gasteiger partial charge in [-0.05, 0) is 42.0 Å². The molecule has 0 saturated carbocycles. The first-order valence-electron chi connectivity index (χ1n) is 9.85. The maximum absolute atomic E-state index is 5.95. The van der Waals surface area contributed by atoms with Crippen LogP contribution in [0, 0.1) is 0 Å². The van der Waals surface area contributed by atoms with Gasteiger partial charge in [0.1, 0.15) is 0 Å². The molecule has 0 spiro atoms. The lowest BCUT2D eigenvalue weighted by molar-refractivity contribution is 0.528. The summed E-state index contributed by atoms with van der Waals surface area (Å²) in [5.74, 6) is 2.20. The molecule has 0 amide bonds. The van der Waals surface area contributed by atoms with E-state index in [9.17, 15) is 0 Å². The Balaban J connectivity index is 1.39. The van der Waals surface area contributed by atoms with Crippen molar-refractivity contribution in [2.24, 2.45) is 0 Å². The highest BCUT2D eigenvalue weighted by atomic mass is 35.5. The fourth-order valence-electron chi connectivity index (χ4n) is 3.16. The standard InChI is InChI=1S/C23H17ClN6OS/c24-19-10-8-17(9-11-19)22-28-26-20(31-22)15-32-23-29-27-21(18-7-4-12-25-13-18)30(23)14-16-5-2-1-3-6-16/h1-13H,14-15H2. The average molecular weight is 461 g/mol. The normalized spacial score (nSPS) is 11.0. The van der Waals surface area contributed by atoms with Gasteiger partial charge in [-0.15, -0.1) is 20.4 Å². The second-order valence-electron chi connectivity index (χ2n) is 6.92. The van der Waals surface area contributed by atoms with Crippen LogP contribution >= 0.6 is 23.4 Å². The van der Waals surface area contributed by atoms with E-state index < -0.39 is 0 Å². The number of aromatic nitrogens is 6. The first-order valence-corrected chi connectivity index (χ1v) is 11.2. The van der Waals surface area contributed by atoms with Crippen LogP contribution in [-0.2, 0) is 12.3 Å². The lowest BCUT2D eigenvalue weighted by Crippen LogP contribution is -2.04. The van der Waals surface area contributed by atoms with Crippen molar-refractivity contribution < 1.29 is 4.42 Å². The smallest absolute Gasteiger partial charge is 0.247 e. The predicted molar refractivity (Wildman–Crippen MR) is 123 cm³/mol. The van der Waals surface area contributed by atoms with Crippen LogP contribution in [-0.4, -0.2) is 29.9 Å². The SMILES string of the molecule is Clc1ccc(-c2nnc(CSc3nnc(-c4cccnc4)n3Cc3ccccc3)o2)cc1. The molecule has 0 atom stereocenters. The highest BCUT2D eigenvalue weighted by Gasteiger charge is 2.17. The molecule has 0 saturated heterocycles. The molecule has 0 fully saturated rings. The fraction of sp³-hybridized carbons (Fsp3) is 0.0870. The largest absolute Gasteiger partial charge is 0.420 e. The van der Waals surface area contributed by atoms with Crippen LogP contribution in [0.1, 0.15) is 11.5 Å². The van der Waals surface area contributed by atoms with Crippen LogP contribution < -0.4 is 0 Å². The Hall–Kier alpha value is -3.49. The first kappa shape index (κ1) is 20.4. The number of rotatable bonds is 7. The van der Waals surface area contributed by atoms with E-state index in [0.29, 0.717) is 29.1 Å². The van der Waals surface area contributed by atoms with Crippen molar-refractivity contribution in [2.45, 2.75) is 17.5 Å². The van der Waals surface area contributed by atoms with E-state index in [1.807, 2.05) is 42.5 Å². The van der Waals surface area contributed by atoms with Gasteiger partial charge in [0.15, 0.2) is 11.0 Å². The molecule has 9 heteroatoms. The van der Waals surface area contributed by atoms with Gasteiger partial charge in [-0.1, -0.05) is 53.7 Å². The molecule has 32 heavy (non-hydrogen) atoms. The lowest BCUT2D eigenvalue weighted by atomic mass is 10.2. The van der Waals surface area contributed by atoms with Crippen molar-refractivity contribution in [3.8, 4) is 22.8 Å². The Kier molecular flexibility index (Phi) is 5.96. The minimum absolute atomic E-state index is 0.457. The minimum atomic E-state index is 0.457. The topological polar surface area (TPSA) is 82.5 Å². The summed E-state index contributed by atoms with van der Waals surface area (Å²) < 4.78 is 7.90. The zero-order valence-electron chi connectivity index (χ0n) is 16.8. The Morgan fingerprint density at radius 3 is 2.47 bits per heavy atom. The quantitative estimate of drug-likeness (QED) is 0.301. The van der Waals surface area contributed by atoms with Gasteiger partial charge in [0, 0.05) is 28.5 Å². The molecule has 3 heterocycles. The predicted octanol–water partition coefficient (Wildman–Crippen LogP) is 5.38. The van der Waals surface area contributed by atoms with Crippen molar-refractivity contribution in [1.82, 2.24) is 29.9 Å². The highest BCUT2D eigenvalue weighted by molar-refractivity contribution is 7.98. The molecule has 3 aromatic heterocycles. The summed E-state index contributed by atoms with van der Waals surface area (Å²) in [5, 5.41) is 18.6. The van der Waals surface area contributed by atoms with E-state index in [4.69, 9.17) is 16.0 Å². The Labute approximate surface area is 193 Å². The molecular weight excluding hydrogens is 444 g/mol. The minimum Gasteiger partial charge on any atom is -0.420 e. The van der Waals surface area contributed by atoms with Gasteiger partial charge in [0.05, 0.1) is 12.3 Å². The molecule has 158 valence electrons. The number of hydrogen-bond donors (Lipinski definition) is 0. The second-order valence-corrected chi connectivity index (χ2v) is 8.30. The molecule has 0 radical (unpaired) electrons. The highest BCUT2D eigenvalue weighted by Crippen LogP contribution is 2.28. The molecule has 0 aliphatic heterocycles. The van der Waals surface area contributed by atoms with Crippen LogP contribution in [0.4, 0.5) is 0 Å². The Morgan fingerprint density at radius 1 is 0.844 bits per heavy atom. The van der Waals surface area contributed by atoms with Gasteiger partial charge in [0.25, 0.3) is 0 Å². The fourth-order valence-corrected chi connectivity index (χ4v) is 4.06. The number of benzene rings is 2. The summed E-state index contributed by atoms with van der Waals surface area (Å²) in [7, 11) is 0.